The molecule has 0 aliphatic carbocycles. The van der Waals surface area contributed by atoms with E-state index in [0.29, 0.717) is 18.9 Å². The number of nitrogens with zero attached hydrogens (tertiary/aromatic N) is 1. The number of hydrogen-bond acceptors (Lipinski definition) is 4. The average Bonchev–Trinajstić information content (AvgIpc) is 2.54. The van der Waals surface area contributed by atoms with Gasteiger partial charge in [-0.1, -0.05) is 6.07 Å². The third-order valence-electron chi connectivity index (χ3n) is 3.92. The van der Waals surface area contributed by atoms with Gasteiger partial charge in [0, 0.05) is 25.9 Å². The van der Waals surface area contributed by atoms with E-state index in [2.05, 4.69) is 5.32 Å². The fourth-order valence-electron chi connectivity index (χ4n) is 2.59. The molecule has 134 valence electrons. The average molecular weight is 360 g/mol. The number of ether oxygens (including phenoxy) is 1. The Morgan fingerprint density at radius 2 is 2.08 bits per heavy atom. The number of likely N-dealkylation sites (N-methyl/N-ethyl adjacent to an activating group) is 1. The summed E-state index contributed by atoms with van der Waals surface area (Å²) in [5, 5.41) is 2.55. The minimum atomic E-state index is -0.633. The summed E-state index contributed by atoms with van der Waals surface area (Å²) in [5.74, 6) is -1.03. The van der Waals surface area contributed by atoms with E-state index in [1.165, 1.54) is 30.1 Å². The highest BCUT2D eigenvalue weighted by Gasteiger charge is 2.29. The van der Waals surface area contributed by atoms with E-state index >= 15 is 0 Å². The summed E-state index contributed by atoms with van der Waals surface area (Å²) in [6.45, 7) is 1.08. The number of benzene rings is 1. The van der Waals surface area contributed by atoms with Crippen molar-refractivity contribution in [2.45, 2.75) is 18.9 Å². The Hall–Kier alpha value is -1.70. The first-order valence-corrected chi connectivity index (χ1v) is 7.61. The molecule has 1 unspecified atom stereocenters. The Morgan fingerprint density at radius 3 is 2.71 bits per heavy atom. The molecule has 1 heterocycles. The van der Waals surface area contributed by atoms with Crippen molar-refractivity contribution in [3.05, 3.63) is 30.1 Å². The number of halogens is 2. The van der Waals surface area contributed by atoms with Crippen LogP contribution in [0, 0.1) is 11.7 Å². The van der Waals surface area contributed by atoms with Crippen LogP contribution in [0.25, 0.3) is 0 Å². The van der Waals surface area contributed by atoms with Gasteiger partial charge in [0.2, 0.25) is 11.8 Å². The molecule has 1 saturated heterocycles. The summed E-state index contributed by atoms with van der Waals surface area (Å²) in [4.78, 5) is 25.6. The monoisotopic (exact) mass is 359 g/mol. The van der Waals surface area contributed by atoms with Gasteiger partial charge >= 0.3 is 0 Å². The van der Waals surface area contributed by atoms with Crippen molar-refractivity contribution in [2.75, 3.05) is 32.1 Å². The quantitative estimate of drug-likeness (QED) is 0.832. The van der Waals surface area contributed by atoms with E-state index in [1.807, 2.05) is 0 Å². The second kappa shape index (κ2) is 9.56. The van der Waals surface area contributed by atoms with Gasteiger partial charge in [-0.2, -0.15) is 0 Å². The van der Waals surface area contributed by atoms with Crippen molar-refractivity contribution in [2.24, 2.45) is 11.7 Å². The van der Waals surface area contributed by atoms with E-state index in [0.717, 1.165) is 12.8 Å². The summed E-state index contributed by atoms with van der Waals surface area (Å²) in [6.07, 6.45) is 1.49. The molecule has 1 aliphatic heterocycles. The van der Waals surface area contributed by atoms with Crippen LogP contribution in [0.3, 0.4) is 0 Å². The SMILES string of the molecule is CN(CC(=O)Nc1cccc(F)c1)C(=O)C(N)C1CCOCC1.Cl. The van der Waals surface area contributed by atoms with Crippen molar-refractivity contribution in [1.82, 2.24) is 4.90 Å². The largest absolute Gasteiger partial charge is 0.381 e. The third kappa shape index (κ3) is 5.74. The summed E-state index contributed by atoms with van der Waals surface area (Å²) in [5.41, 5.74) is 6.36. The van der Waals surface area contributed by atoms with Crippen LogP contribution in [0.4, 0.5) is 10.1 Å². The fraction of sp³-hybridized carbons (Fsp3) is 0.500. The van der Waals surface area contributed by atoms with Gasteiger partial charge in [-0.25, -0.2) is 4.39 Å². The van der Waals surface area contributed by atoms with Gasteiger partial charge in [-0.05, 0) is 37.0 Å². The molecule has 8 heteroatoms. The molecule has 6 nitrogen and oxygen atoms in total. The minimum absolute atomic E-state index is 0. The molecular formula is C16H23ClFN3O3. The summed E-state index contributed by atoms with van der Waals surface area (Å²) in [7, 11) is 1.53. The van der Waals surface area contributed by atoms with E-state index in [4.69, 9.17) is 10.5 Å². The normalized spacial score (nSPS) is 16.0. The molecule has 0 saturated carbocycles. The van der Waals surface area contributed by atoms with E-state index in [-0.39, 0.29) is 30.8 Å². The van der Waals surface area contributed by atoms with E-state index < -0.39 is 17.8 Å². The summed E-state index contributed by atoms with van der Waals surface area (Å²) < 4.78 is 18.3. The number of carbonyl (C=O) groups excluding carboxylic acids is 2. The van der Waals surface area contributed by atoms with Gasteiger partial charge in [-0.3, -0.25) is 9.59 Å². The molecule has 24 heavy (non-hydrogen) atoms. The lowest BCUT2D eigenvalue weighted by atomic mass is 9.91. The molecule has 1 aliphatic rings. The smallest absolute Gasteiger partial charge is 0.243 e. The van der Waals surface area contributed by atoms with Crippen LogP contribution in [0.1, 0.15) is 12.8 Å². The molecule has 0 spiro atoms. The Labute approximate surface area is 146 Å². The Morgan fingerprint density at radius 1 is 1.42 bits per heavy atom. The molecule has 1 aromatic rings. The zero-order chi connectivity index (χ0) is 16.8. The number of amides is 2. The number of nitrogens with two attached hydrogens (primary N) is 1. The van der Waals surface area contributed by atoms with Crippen LogP contribution >= 0.6 is 12.4 Å². The van der Waals surface area contributed by atoms with Crippen LogP contribution in [-0.2, 0) is 14.3 Å². The molecule has 3 N–H and O–H groups in total. The predicted molar refractivity (Wildman–Crippen MR) is 91.4 cm³/mol. The Balaban J connectivity index is 0.00000288. The van der Waals surface area contributed by atoms with Gasteiger partial charge in [-0.15, -0.1) is 12.4 Å². The van der Waals surface area contributed by atoms with Crippen LogP contribution in [0.2, 0.25) is 0 Å². The zero-order valence-electron chi connectivity index (χ0n) is 13.5. The molecule has 0 radical (unpaired) electrons. The molecule has 1 fully saturated rings. The van der Waals surface area contributed by atoms with Crippen molar-refractivity contribution in [3.8, 4) is 0 Å². The first-order chi connectivity index (χ1) is 11.0. The number of hydrogen-bond donors (Lipinski definition) is 2. The first kappa shape index (κ1) is 20.3. The Kier molecular flexibility index (Phi) is 8.10. The topological polar surface area (TPSA) is 84.7 Å². The maximum atomic E-state index is 13.1. The maximum Gasteiger partial charge on any atom is 0.243 e. The third-order valence-corrected chi connectivity index (χ3v) is 3.92. The first-order valence-electron chi connectivity index (χ1n) is 7.61. The highest BCUT2D eigenvalue weighted by Crippen LogP contribution is 2.18. The van der Waals surface area contributed by atoms with Crippen molar-refractivity contribution in [1.29, 1.82) is 0 Å². The molecule has 0 bridgehead atoms. The van der Waals surface area contributed by atoms with E-state index in [9.17, 15) is 14.0 Å². The summed E-state index contributed by atoms with van der Waals surface area (Å²) in [6, 6.07) is 4.95. The number of rotatable bonds is 5. The van der Waals surface area contributed by atoms with Crippen LogP contribution < -0.4 is 11.1 Å². The summed E-state index contributed by atoms with van der Waals surface area (Å²) >= 11 is 0. The van der Waals surface area contributed by atoms with Crippen LogP contribution in [-0.4, -0.2) is 49.6 Å². The fourth-order valence-corrected chi connectivity index (χ4v) is 2.59. The lowest BCUT2D eigenvalue weighted by Crippen LogP contribution is -2.49. The zero-order valence-corrected chi connectivity index (χ0v) is 14.4. The minimum Gasteiger partial charge on any atom is -0.381 e. The van der Waals surface area contributed by atoms with Crippen molar-refractivity contribution >= 4 is 29.9 Å². The maximum absolute atomic E-state index is 13.1. The predicted octanol–water partition coefficient (Wildman–Crippen LogP) is 1.40. The van der Waals surface area contributed by atoms with Crippen molar-refractivity contribution < 1.29 is 18.7 Å². The van der Waals surface area contributed by atoms with E-state index in [1.54, 1.807) is 6.07 Å². The Bertz CT molecular complexity index is 567. The molecule has 1 atom stereocenters. The van der Waals surface area contributed by atoms with Gasteiger partial charge in [0.15, 0.2) is 0 Å². The van der Waals surface area contributed by atoms with Gasteiger partial charge < -0.3 is 20.7 Å². The standard InChI is InChI=1S/C16H22FN3O3.ClH/c1-20(16(22)15(18)11-5-7-23-8-6-11)10-14(21)19-13-4-2-3-12(17)9-13;/h2-4,9,11,15H,5-8,10,18H2,1H3,(H,19,21);1H. The molecule has 2 amide bonds. The van der Waals surface area contributed by atoms with Gasteiger partial charge in [0.05, 0.1) is 12.6 Å². The second-order valence-electron chi connectivity index (χ2n) is 5.73. The number of carbonyl (C=O) groups is 2. The second-order valence-corrected chi connectivity index (χ2v) is 5.73. The van der Waals surface area contributed by atoms with Gasteiger partial charge in [0.25, 0.3) is 0 Å². The lowest BCUT2D eigenvalue weighted by Gasteiger charge is -2.29. The molecular weight excluding hydrogens is 337 g/mol. The van der Waals surface area contributed by atoms with Gasteiger partial charge in [0.1, 0.15) is 5.82 Å². The lowest BCUT2D eigenvalue weighted by molar-refractivity contribution is -0.136. The van der Waals surface area contributed by atoms with Crippen LogP contribution in [0.5, 0.6) is 0 Å². The molecule has 1 aromatic carbocycles. The highest BCUT2D eigenvalue weighted by molar-refractivity contribution is 5.95. The molecule has 2 rings (SSSR count). The van der Waals surface area contributed by atoms with Crippen molar-refractivity contribution in [3.63, 3.8) is 0 Å². The van der Waals surface area contributed by atoms with Crippen LogP contribution in [0.15, 0.2) is 24.3 Å². The highest BCUT2D eigenvalue weighted by atomic mass is 35.5. The number of anilines is 1. The molecule has 0 aromatic heterocycles. The number of nitrogens with one attached hydrogen (secondary N) is 1.